The molecule has 1 saturated carbocycles. The van der Waals surface area contributed by atoms with E-state index in [1.807, 2.05) is 13.8 Å². The van der Waals surface area contributed by atoms with Crippen LogP contribution in [-0.2, 0) is 0 Å². The van der Waals surface area contributed by atoms with Gasteiger partial charge in [0.05, 0.1) is 6.07 Å². The van der Waals surface area contributed by atoms with Crippen molar-refractivity contribution in [2.75, 3.05) is 0 Å². The molecule has 1 heterocycles. The van der Waals surface area contributed by atoms with Crippen molar-refractivity contribution in [3.05, 3.63) is 23.8 Å². The summed E-state index contributed by atoms with van der Waals surface area (Å²) in [5, 5.41) is 11.7. The first-order valence-corrected chi connectivity index (χ1v) is 4.98. The zero-order valence-corrected chi connectivity index (χ0v) is 9.10. The van der Waals surface area contributed by atoms with Crippen molar-refractivity contribution in [1.82, 2.24) is 10.3 Å². The van der Waals surface area contributed by atoms with Crippen LogP contribution in [0.4, 0.5) is 4.39 Å². The van der Waals surface area contributed by atoms with E-state index in [1.54, 1.807) is 0 Å². The largest absolute Gasteiger partial charge is 0.355 e. The third-order valence-corrected chi connectivity index (χ3v) is 3.15. The van der Waals surface area contributed by atoms with Gasteiger partial charge in [-0.1, -0.05) is 13.8 Å². The minimum Gasteiger partial charge on any atom is -0.355 e. The molecule has 0 aliphatic heterocycles. The third-order valence-electron chi connectivity index (χ3n) is 3.15. The predicted octanol–water partition coefficient (Wildman–Crippen LogP) is 1.58. The minimum atomic E-state index is -0.814. The number of nitrogens with one attached hydrogen (secondary N) is 2. The molecule has 1 amide bonds. The minimum absolute atomic E-state index is 0.134. The number of nitrogens with zero attached hydrogens (tertiary/aromatic N) is 1. The van der Waals surface area contributed by atoms with Gasteiger partial charge in [-0.3, -0.25) is 4.79 Å². The molecule has 0 saturated heterocycles. The van der Waals surface area contributed by atoms with Gasteiger partial charge in [-0.05, 0) is 6.42 Å². The van der Waals surface area contributed by atoms with Crippen molar-refractivity contribution >= 4 is 5.91 Å². The van der Waals surface area contributed by atoms with Crippen LogP contribution >= 0.6 is 0 Å². The fourth-order valence-electron chi connectivity index (χ4n) is 1.81. The molecule has 2 N–H and O–H groups in total. The van der Waals surface area contributed by atoms with Crippen LogP contribution in [0.2, 0.25) is 0 Å². The Morgan fingerprint density at radius 3 is 2.69 bits per heavy atom. The second-order valence-electron chi connectivity index (χ2n) is 4.76. The van der Waals surface area contributed by atoms with Gasteiger partial charge in [0.2, 0.25) is 0 Å². The Labute approximate surface area is 92.5 Å². The van der Waals surface area contributed by atoms with E-state index in [0.29, 0.717) is 6.42 Å². The molecule has 1 aliphatic carbocycles. The molecule has 1 aliphatic rings. The number of hydrogen-bond acceptors (Lipinski definition) is 2. The SMILES string of the molecule is CC1(C)C[C@@]1(C#N)NC(=O)c1cc(F)c[nH]1. The Hall–Kier alpha value is -1.83. The summed E-state index contributed by atoms with van der Waals surface area (Å²) in [5.41, 5.74) is -0.899. The van der Waals surface area contributed by atoms with Gasteiger partial charge < -0.3 is 10.3 Å². The van der Waals surface area contributed by atoms with Crippen LogP contribution in [0.15, 0.2) is 12.3 Å². The van der Waals surface area contributed by atoms with E-state index in [4.69, 9.17) is 5.26 Å². The van der Waals surface area contributed by atoms with Gasteiger partial charge in [0.1, 0.15) is 17.1 Å². The number of amides is 1. The molecule has 0 unspecified atom stereocenters. The van der Waals surface area contributed by atoms with Gasteiger partial charge in [-0.2, -0.15) is 5.26 Å². The van der Waals surface area contributed by atoms with Crippen LogP contribution in [0.1, 0.15) is 30.8 Å². The molecule has 2 rings (SSSR count). The number of hydrogen-bond donors (Lipinski definition) is 2. The summed E-state index contributed by atoms with van der Waals surface area (Å²) in [6, 6.07) is 3.22. The molecule has 1 fully saturated rings. The van der Waals surface area contributed by atoms with Crippen molar-refractivity contribution in [2.45, 2.75) is 25.8 Å². The average Bonchev–Trinajstić information content (AvgIpc) is 2.59. The molecule has 1 atom stereocenters. The Kier molecular flexibility index (Phi) is 2.06. The number of H-pyrrole nitrogens is 1. The van der Waals surface area contributed by atoms with E-state index in [9.17, 15) is 9.18 Å². The smallest absolute Gasteiger partial charge is 0.269 e. The van der Waals surface area contributed by atoms with Gasteiger partial charge in [0, 0.05) is 17.7 Å². The Morgan fingerprint density at radius 2 is 2.31 bits per heavy atom. The lowest BCUT2D eigenvalue weighted by Crippen LogP contribution is -2.39. The number of aromatic nitrogens is 1. The summed E-state index contributed by atoms with van der Waals surface area (Å²) in [7, 11) is 0. The number of nitriles is 1. The number of carbonyl (C=O) groups is 1. The quantitative estimate of drug-likeness (QED) is 0.796. The van der Waals surface area contributed by atoms with Crippen LogP contribution in [0.3, 0.4) is 0 Å². The van der Waals surface area contributed by atoms with Crippen molar-refractivity contribution in [3.63, 3.8) is 0 Å². The van der Waals surface area contributed by atoms with Crippen LogP contribution in [0, 0.1) is 22.6 Å². The molecule has 0 radical (unpaired) electrons. The van der Waals surface area contributed by atoms with Crippen LogP contribution in [0.5, 0.6) is 0 Å². The first-order chi connectivity index (χ1) is 7.40. The highest BCUT2D eigenvalue weighted by atomic mass is 19.1. The molecule has 0 spiro atoms. The van der Waals surface area contributed by atoms with Gasteiger partial charge in [-0.25, -0.2) is 4.39 Å². The Balaban J connectivity index is 2.13. The molecular weight excluding hydrogens is 209 g/mol. The molecule has 1 aromatic heterocycles. The Bertz CT molecular complexity index is 486. The van der Waals surface area contributed by atoms with Crippen molar-refractivity contribution in [1.29, 1.82) is 5.26 Å². The van der Waals surface area contributed by atoms with E-state index in [1.165, 1.54) is 0 Å². The Morgan fingerprint density at radius 1 is 1.69 bits per heavy atom. The lowest BCUT2D eigenvalue weighted by atomic mass is 10.1. The fraction of sp³-hybridized carbons (Fsp3) is 0.455. The molecular formula is C11H12FN3O. The number of halogens is 1. The van der Waals surface area contributed by atoms with Crippen molar-refractivity contribution in [3.8, 4) is 6.07 Å². The monoisotopic (exact) mass is 221 g/mol. The highest BCUT2D eigenvalue weighted by Crippen LogP contribution is 2.55. The van der Waals surface area contributed by atoms with Crippen LogP contribution in [0.25, 0.3) is 0 Å². The van der Waals surface area contributed by atoms with Crippen LogP contribution < -0.4 is 5.32 Å². The fourth-order valence-corrected chi connectivity index (χ4v) is 1.81. The molecule has 4 nitrogen and oxygen atoms in total. The van der Waals surface area contributed by atoms with Gasteiger partial charge in [-0.15, -0.1) is 0 Å². The first kappa shape index (κ1) is 10.7. The number of carbonyl (C=O) groups excluding carboxylic acids is 1. The number of rotatable bonds is 2. The maximum atomic E-state index is 12.7. The maximum Gasteiger partial charge on any atom is 0.269 e. The van der Waals surface area contributed by atoms with Gasteiger partial charge >= 0.3 is 0 Å². The van der Waals surface area contributed by atoms with Crippen molar-refractivity contribution in [2.24, 2.45) is 5.41 Å². The highest BCUT2D eigenvalue weighted by molar-refractivity contribution is 5.93. The third kappa shape index (κ3) is 1.47. The molecule has 16 heavy (non-hydrogen) atoms. The normalized spacial score (nSPS) is 25.9. The maximum absolute atomic E-state index is 12.7. The average molecular weight is 221 g/mol. The van der Waals surface area contributed by atoms with Gasteiger partial charge in [0.25, 0.3) is 5.91 Å². The summed E-state index contributed by atoms with van der Waals surface area (Å²) in [6.07, 6.45) is 1.72. The number of aromatic amines is 1. The molecule has 5 heteroatoms. The van der Waals surface area contributed by atoms with E-state index in [2.05, 4.69) is 16.4 Å². The topological polar surface area (TPSA) is 68.7 Å². The van der Waals surface area contributed by atoms with E-state index in [-0.39, 0.29) is 11.1 Å². The second-order valence-corrected chi connectivity index (χ2v) is 4.76. The van der Waals surface area contributed by atoms with E-state index < -0.39 is 17.3 Å². The molecule has 84 valence electrons. The zero-order valence-electron chi connectivity index (χ0n) is 9.10. The highest BCUT2D eigenvalue weighted by Gasteiger charge is 2.63. The molecule has 1 aromatic rings. The summed E-state index contributed by atoms with van der Waals surface area (Å²) in [5.74, 6) is -0.942. The van der Waals surface area contributed by atoms with Crippen LogP contribution in [-0.4, -0.2) is 16.4 Å². The summed E-state index contributed by atoms with van der Waals surface area (Å²) in [4.78, 5) is 14.2. The van der Waals surface area contributed by atoms with Gasteiger partial charge in [0.15, 0.2) is 0 Å². The molecule has 0 aromatic carbocycles. The summed E-state index contributed by atoms with van der Waals surface area (Å²) < 4.78 is 12.7. The predicted molar refractivity (Wildman–Crippen MR) is 55.0 cm³/mol. The van der Waals surface area contributed by atoms with Crippen molar-refractivity contribution < 1.29 is 9.18 Å². The standard InChI is InChI=1S/C11H12FN3O/c1-10(2)5-11(10,6-13)15-9(16)8-3-7(12)4-14-8/h3-4,14H,5H2,1-2H3,(H,15,16)/t11-/m0/s1. The lowest BCUT2D eigenvalue weighted by molar-refractivity contribution is 0.0930. The van der Waals surface area contributed by atoms with E-state index in [0.717, 1.165) is 12.3 Å². The first-order valence-electron chi connectivity index (χ1n) is 4.98. The summed E-state index contributed by atoms with van der Waals surface area (Å²) in [6.45, 7) is 3.82. The second kappa shape index (κ2) is 3.08. The zero-order chi connectivity index (χ0) is 12.0. The lowest BCUT2D eigenvalue weighted by Gasteiger charge is -2.13. The van der Waals surface area contributed by atoms with E-state index >= 15 is 0 Å². The summed E-state index contributed by atoms with van der Waals surface area (Å²) >= 11 is 0. The molecule has 0 bridgehead atoms.